The molecule has 0 saturated heterocycles. The van der Waals surface area contributed by atoms with Gasteiger partial charge in [0.05, 0.1) is 12.7 Å². The van der Waals surface area contributed by atoms with Crippen molar-refractivity contribution in [3.8, 4) is 5.75 Å². The van der Waals surface area contributed by atoms with Crippen LogP contribution in [-0.4, -0.2) is 36.1 Å². The number of carbonyl (C=O) groups excluding carboxylic acids is 1. The van der Waals surface area contributed by atoms with E-state index in [9.17, 15) is 4.79 Å². The van der Waals surface area contributed by atoms with Crippen molar-refractivity contribution in [1.29, 1.82) is 0 Å². The smallest absolute Gasteiger partial charge is 0.259 e. The molecule has 162 valence electrons. The molecule has 0 bridgehead atoms. The Labute approximate surface area is 187 Å². The number of benzene rings is 2. The number of halogens is 1. The van der Waals surface area contributed by atoms with Crippen LogP contribution >= 0.6 is 11.6 Å². The number of nitrogens with one attached hydrogen (secondary N) is 2. The Morgan fingerprint density at radius 3 is 2.35 bits per heavy atom. The van der Waals surface area contributed by atoms with Crippen LogP contribution < -0.4 is 20.3 Å². The van der Waals surface area contributed by atoms with E-state index in [0.717, 1.165) is 30.3 Å². The predicted molar refractivity (Wildman–Crippen MR) is 126 cm³/mol. The van der Waals surface area contributed by atoms with E-state index >= 15 is 0 Å². The molecule has 0 fully saturated rings. The Kier molecular flexibility index (Phi) is 7.31. The molecule has 1 heterocycles. The largest absolute Gasteiger partial charge is 0.496 e. The van der Waals surface area contributed by atoms with Crippen LogP contribution in [0.15, 0.2) is 48.5 Å². The highest BCUT2D eigenvalue weighted by Gasteiger charge is 2.13. The van der Waals surface area contributed by atoms with E-state index in [1.165, 1.54) is 7.11 Å². The molecule has 0 aliphatic rings. The van der Waals surface area contributed by atoms with Crippen molar-refractivity contribution in [2.75, 3.05) is 35.7 Å². The van der Waals surface area contributed by atoms with Crippen LogP contribution in [0.1, 0.15) is 29.9 Å². The number of aryl methyl sites for hydroxylation is 1. The Morgan fingerprint density at radius 2 is 1.71 bits per heavy atom. The molecular formula is C23H26ClN5O2. The summed E-state index contributed by atoms with van der Waals surface area (Å²) in [6, 6.07) is 14.2. The van der Waals surface area contributed by atoms with E-state index in [0.29, 0.717) is 28.0 Å². The van der Waals surface area contributed by atoms with Crippen LogP contribution in [0.3, 0.4) is 0 Å². The summed E-state index contributed by atoms with van der Waals surface area (Å²) < 4.78 is 5.25. The molecule has 3 aromatic rings. The van der Waals surface area contributed by atoms with Crippen LogP contribution in [0.4, 0.5) is 23.1 Å². The van der Waals surface area contributed by atoms with Gasteiger partial charge in [0.1, 0.15) is 11.6 Å². The second-order valence-electron chi connectivity index (χ2n) is 6.86. The number of methoxy groups -OCH3 is 1. The normalized spacial score (nSPS) is 10.5. The Morgan fingerprint density at radius 1 is 1.03 bits per heavy atom. The first-order valence-corrected chi connectivity index (χ1v) is 10.4. The average Bonchev–Trinajstić information content (AvgIpc) is 2.75. The lowest BCUT2D eigenvalue weighted by molar-refractivity contribution is 0.102. The summed E-state index contributed by atoms with van der Waals surface area (Å²) in [7, 11) is 1.51. The summed E-state index contributed by atoms with van der Waals surface area (Å²) in [5.74, 6) is 1.58. The van der Waals surface area contributed by atoms with Gasteiger partial charge in [0.15, 0.2) is 0 Å². The second kappa shape index (κ2) is 10.1. The number of ether oxygens (including phenoxy) is 1. The molecule has 2 N–H and O–H groups in total. The number of aromatic nitrogens is 2. The molecule has 0 saturated carbocycles. The lowest BCUT2D eigenvalue weighted by atomic mass is 10.1. The van der Waals surface area contributed by atoms with E-state index in [2.05, 4.69) is 39.3 Å². The van der Waals surface area contributed by atoms with Gasteiger partial charge in [-0.05, 0) is 63.2 Å². The zero-order valence-corrected chi connectivity index (χ0v) is 18.8. The number of rotatable bonds is 8. The monoisotopic (exact) mass is 439 g/mol. The number of anilines is 4. The van der Waals surface area contributed by atoms with Gasteiger partial charge in [0, 0.05) is 41.2 Å². The Bertz CT molecular complexity index is 1050. The van der Waals surface area contributed by atoms with Gasteiger partial charge in [0.25, 0.3) is 5.91 Å². The molecule has 0 radical (unpaired) electrons. The number of nitrogens with zero attached hydrogens (tertiary/aromatic N) is 3. The summed E-state index contributed by atoms with van der Waals surface area (Å²) in [5.41, 5.74) is 2.72. The standard InChI is InChI=1S/C23H26ClN5O2/c1-5-29(6-2)21-13-15(3)25-23(28-21)27-18-10-8-17(9-11-18)26-22(30)19-14-16(24)7-12-20(19)31-4/h7-14H,5-6H2,1-4H3,(H,26,30)(H,25,27,28). The van der Waals surface area contributed by atoms with Gasteiger partial charge < -0.3 is 20.3 Å². The third-order valence-corrected chi connectivity index (χ3v) is 4.97. The minimum Gasteiger partial charge on any atom is -0.496 e. The Hall–Kier alpha value is -3.32. The summed E-state index contributed by atoms with van der Waals surface area (Å²) in [5, 5.41) is 6.55. The third kappa shape index (κ3) is 5.64. The average molecular weight is 440 g/mol. The lowest BCUT2D eigenvalue weighted by Crippen LogP contribution is -2.23. The van der Waals surface area contributed by atoms with Gasteiger partial charge in [-0.25, -0.2) is 4.98 Å². The topological polar surface area (TPSA) is 79.4 Å². The summed E-state index contributed by atoms with van der Waals surface area (Å²) >= 11 is 6.02. The van der Waals surface area contributed by atoms with Crippen LogP contribution in [0.5, 0.6) is 5.75 Å². The Balaban J connectivity index is 1.73. The first-order chi connectivity index (χ1) is 14.9. The molecule has 8 heteroatoms. The minimum absolute atomic E-state index is 0.300. The van der Waals surface area contributed by atoms with Gasteiger partial charge in [-0.3, -0.25) is 4.79 Å². The number of carbonyl (C=O) groups is 1. The first kappa shape index (κ1) is 22.4. The van der Waals surface area contributed by atoms with Crippen molar-refractivity contribution in [3.05, 3.63) is 64.8 Å². The maximum absolute atomic E-state index is 12.6. The minimum atomic E-state index is -0.300. The fraction of sp³-hybridized carbons (Fsp3) is 0.261. The number of hydrogen-bond acceptors (Lipinski definition) is 6. The molecule has 0 aliphatic heterocycles. The van der Waals surface area contributed by atoms with Gasteiger partial charge in [-0.15, -0.1) is 0 Å². The first-order valence-electron chi connectivity index (χ1n) is 10.1. The van der Waals surface area contributed by atoms with Crippen LogP contribution in [0.2, 0.25) is 5.02 Å². The molecule has 2 aromatic carbocycles. The maximum atomic E-state index is 12.6. The molecule has 0 aliphatic carbocycles. The third-order valence-electron chi connectivity index (χ3n) is 4.73. The number of hydrogen-bond donors (Lipinski definition) is 2. The van der Waals surface area contributed by atoms with Crippen molar-refractivity contribution in [3.63, 3.8) is 0 Å². The molecule has 0 spiro atoms. The number of amides is 1. The quantitative estimate of drug-likeness (QED) is 0.496. The van der Waals surface area contributed by atoms with E-state index in [1.807, 2.05) is 25.1 Å². The van der Waals surface area contributed by atoms with E-state index < -0.39 is 0 Å². The molecule has 3 rings (SSSR count). The zero-order chi connectivity index (χ0) is 22.4. The molecular weight excluding hydrogens is 414 g/mol. The van der Waals surface area contributed by atoms with Crippen molar-refractivity contribution in [1.82, 2.24) is 9.97 Å². The molecule has 31 heavy (non-hydrogen) atoms. The fourth-order valence-electron chi connectivity index (χ4n) is 3.14. The van der Waals surface area contributed by atoms with Crippen LogP contribution in [0.25, 0.3) is 0 Å². The highest BCUT2D eigenvalue weighted by Crippen LogP contribution is 2.25. The molecule has 1 amide bonds. The fourth-order valence-corrected chi connectivity index (χ4v) is 3.31. The van der Waals surface area contributed by atoms with Crippen molar-refractivity contribution in [2.24, 2.45) is 0 Å². The van der Waals surface area contributed by atoms with Gasteiger partial charge in [-0.2, -0.15) is 4.98 Å². The second-order valence-corrected chi connectivity index (χ2v) is 7.30. The molecule has 0 unspecified atom stereocenters. The lowest BCUT2D eigenvalue weighted by Gasteiger charge is -2.20. The predicted octanol–water partition coefficient (Wildman–Crippen LogP) is 5.29. The SMILES string of the molecule is CCN(CC)c1cc(C)nc(Nc2ccc(NC(=O)c3cc(Cl)ccc3OC)cc2)n1. The van der Waals surface area contributed by atoms with Crippen LogP contribution in [-0.2, 0) is 0 Å². The summed E-state index contributed by atoms with van der Waals surface area (Å²) in [6.07, 6.45) is 0. The van der Waals surface area contributed by atoms with Crippen molar-refractivity contribution in [2.45, 2.75) is 20.8 Å². The highest BCUT2D eigenvalue weighted by molar-refractivity contribution is 6.31. The van der Waals surface area contributed by atoms with Gasteiger partial charge >= 0.3 is 0 Å². The summed E-state index contributed by atoms with van der Waals surface area (Å²) in [6.45, 7) is 7.89. The maximum Gasteiger partial charge on any atom is 0.259 e. The van der Waals surface area contributed by atoms with E-state index in [4.69, 9.17) is 16.3 Å². The molecule has 0 atom stereocenters. The molecule has 1 aromatic heterocycles. The highest BCUT2D eigenvalue weighted by atomic mass is 35.5. The van der Waals surface area contributed by atoms with Gasteiger partial charge in [0.2, 0.25) is 5.95 Å². The van der Waals surface area contributed by atoms with Crippen molar-refractivity contribution >= 4 is 40.6 Å². The van der Waals surface area contributed by atoms with E-state index in [-0.39, 0.29) is 5.91 Å². The van der Waals surface area contributed by atoms with Gasteiger partial charge in [-0.1, -0.05) is 11.6 Å². The summed E-state index contributed by atoms with van der Waals surface area (Å²) in [4.78, 5) is 23.9. The van der Waals surface area contributed by atoms with Crippen molar-refractivity contribution < 1.29 is 9.53 Å². The van der Waals surface area contributed by atoms with Crippen LogP contribution in [0, 0.1) is 6.92 Å². The van der Waals surface area contributed by atoms with E-state index in [1.54, 1.807) is 30.3 Å². The molecule has 7 nitrogen and oxygen atoms in total. The zero-order valence-electron chi connectivity index (χ0n) is 18.1.